The van der Waals surface area contributed by atoms with Crippen molar-refractivity contribution >= 4 is 35.1 Å². The summed E-state index contributed by atoms with van der Waals surface area (Å²) in [5, 5.41) is 8.31. The molecule has 0 saturated heterocycles. The third-order valence-corrected chi connectivity index (χ3v) is 9.89. The van der Waals surface area contributed by atoms with E-state index in [9.17, 15) is 28.8 Å². The lowest BCUT2D eigenvalue weighted by atomic mass is 9.88. The van der Waals surface area contributed by atoms with Crippen molar-refractivity contribution in [3.05, 3.63) is 36.4 Å². The van der Waals surface area contributed by atoms with Gasteiger partial charge < -0.3 is 30.7 Å². The monoisotopic (exact) mass is 770 g/mol. The molecule has 55 heavy (non-hydrogen) atoms. The van der Waals surface area contributed by atoms with Crippen LogP contribution in [0.2, 0.25) is 0 Å². The van der Waals surface area contributed by atoms with Crippen LogP contribution in [0.3, 0.4) is 0 Å². The number of aromatic nitrogens is 4. The van der Waals surface area contributed by atoms with Gasteiger partial charge in [-0.3, -0.25) is 28.8 Å². The number of unbranched alkanes of at least 4 members (excludes halogenated alkanes) is 9. The third kappa shape index (κ3) is 19.3. The molecule has 0 bridgehead atoms. The first-order chi connectivity index (χ1) is 26.3. The standard InChI is InChI=1S/C41H67N7O7/c1-7-8-9-10-11-12-13-14-15-16-18-55-19-17-38(52)47-35(23-34-25-43-27-45-34)36(50)20-29(4)40(53)48-39(28(2)3)37(51)22-32(21-33-24-42-26-44-33)41(54)46-30(5)31(6)49/h24-30,32,35,39H,7-23H2,1-6H3,(H,42,44)(H,43,45)(H,46,54)(H,47,52)(H,48,53)/t29-,30+,32-,35+,39+/m1/s1. The third-order valence-electron chi connectivity index (χ3n) is 9.89. The molecule has 2 heterocycles. The van der Waals surface area contributed by atoms with Gasteiger partial charge in [0.15, 0.2) is 17.3 Å². The fourth-order valence-corrected chi connectivity index (χ4v) is 6.26. The zero-order valence-corrected chi connectivity index (χ0v) is 34.0. The molecule has 14 heteroatoms. The number of carbonyl (C=O) groups is 6. The fourth-order valence-electron chi connectivity index (χ4n) is 6.26. The number of ketones is 3. The summed E-state index contributed by atoms with van der Waals surface area (Å²) in [5.74, 6) is -4.11. The Balaban J connectivity index is 1.91. The molecule has 0 aliphatic heterocycles. The molecule has 0 radical (unpaired) electrons. The Hall–Kier alpha value is -4.20. The van der Waals surface area contributed by atoms with Gasteiger partial charge in [-0.1, -0.05) is 85.5 Å². The Morgan fingerprint density at radius 1 is 0.691 bits per heavy atom. The van der Waals surface area contributed by atoms with Crippen molar-refractivity contribution in [1.29, 1.82) is 0 Å². The molecule has 2 rings (SSSR count). The van der Waals surface area contributed by atoms with E-state index in [4.69, 9.17) is 4.74 Å². The summed E-state index contributed by atoms with van der Waals surface area (Å²) in [6.45, 7) is 11.2. The molecule has 0 saturated carbocycles. The first-order valence-electron chi connectivity index (χ1n) is 20.3. The van der Waals surface area contributed by atoms with Crippen LogP contribution in [0.4, 0.5) is 0 Å². The predicted molar refractivity (Wildman–Crippen MR) is 211 cm³/mol. The topological polar surface area (TPSA) is 205 Å². The molecule has 2 aromatic rings. The van der Waals surface area contributed by atoms with E-state index in [0.717, 1.165) is 12.8 Å². The molecule has 14 nitrogen and oxygen atoms in total. The summed E-state index contributed by atoms with van der Waals surface area (Å²) in [6, 6.07) is -2.54. The van der Waals surface area contributed by atoms with Gasteiger partial charge in [0.25, 0.3) is 0 Å². The number of H-pyrrole nitrogens is 2. The molecule has 0 aliphatic carbocycles. The average Bonchev–Trinajstić information content (AvgIpc) is 3.86. The molecule has 5 atom stereocenters. The zero-order chi connectivity index (χ0) is 40.6. The highest BCUT2D eigenvalue weighted by Gasteiger charge is 2.33. The summed E-state index contributed by atoms with van der Waals surface area (Å²) < 4.78 is 5.70. The first kappa shape index (κ1) is 47.0. The molecule has 2 aromatic heterocycles. The van der Waals surface area contributed by atoms with E-state index in [1.54, 1.807) is 40.1 Å². The summed E-state index contributed by atoms with van der Waals surface area (Å²) >= 11 is 0. The van der Waals surface area contributed by atoms with Crippen LogP contribution in [0.25, 0.3) is 0 Å². The average molecular weight is 770 g/mol. The summed E-state index contributed by atoms with van der Waals surface area (Å²) in [6.07, 6.45) is 18.5. The number of Topliss-reactive ketones (excluding diaryl/α,β-unsaturated/α-hetero) is 3. The molecule has 0 aromatic carbocycles. The van der Waals surface area contributed by atoms with Gasteiger partial charge in [-0.15, -0.1) is 0 Å². The van der Waals surface area contributed by atoms with Crippen molar-refractivity contribution in [1.82, 2.24) is 35.9 Å². The van der Waals surface area contributed by atoms with E-state index in [1.165, 1.54) is 70.9 Å². The number of imidazole rings is 2. The van der Waals surface area contributed by atoms with Crippen LogP contribution in [-0.2, 0) is 46.3 Å². The second kappa shape index (κ2) is 26.6. The molecule has 308 valence electrons. The van der Waals surface area contributed by atoms with Crippen molar-refractivity contribution in [2.75, 3.05) is 13.2 Å². The van der Waals surface area contributed by atoms with Crippen LogP contribution in [-0.4, -0.2) is 86.3 Å². The highest BCUT2D eigenvalue weighted by atomic mass is 16.5. The van der Waals surface area contributed by atoms with Crippen molar-refractivity contribution < 1.29 is 33.5 Å². The Labute approximate surface area is 327 Å². The molecule has 5 N–H and O–H groups in total. The molecular formula is C41H67N7O7. The SMILES string of the molecule is CCCCCCCCCCCCOCCC(=O)N[C@@H](Cc1cnc[nH]1)C(=O)C[C@@H](C)C(=O)N[C@H](C(=O)C[C@@H](Cc1cnc[nH]1)C(=O)N[C@@H](C)C(C)=O)C(C)C. The van der Waals surface area contributed by atoms with E-state index >= 15 is 0 Å². The molecule has 3 amide bonds. The molecule has 0 spiro atoms. The summed E-state index contributed by atoms with van der Waals surface area (Å²) in [7, 11) is 0. The summed E-state index contributed by atoms with van der Waals surface area (Å²) in [4.78, 5) is 92.4. The number of amides is 3. The highest BCUT2D eigenvalue weighted by molar-refractivity contribution is 5.96. The van der Waals surface area contributed by atoms with Crippen LogP contribution in [0, 0.1) is 17.8 Å². The quantitative estimate of drug-likeness (QED) is 0.0644. The zero-order valence-electron chi connectivity index (χ0n) is 34.0. The number of nitrogens with zero attached hydrogens (tertiary/aromatic N) is 2. The number of aromatic amines is 2. The Kier molecular flexibility index (Phi) is 22.7. The number of carbonyl (C=O) groups excluding carboxylic acids is 6. The lowest BCUT2D eigenvalue weighted by Gasteiger charge is -2.26. The van der Waals surface area contributed by atoms with Crippen LogP contribution in [0.1, 0.15) is 136 Å². The largest absolute Gasteiger partial charge is 0.381 e. The van der Waals surface area contributed by atoms with Gasteiger partial charge in [-0.05, 0) is 26.2 Å². The van der Waals surface area contributed by atoms with Crippen molar-refractivity contribution in [2.24, 2.45) is 17.8 Å². The Morgan fingerprint density at radius 2 is 1.27 bits per heavy atom. The number of hydrogen-bond donors (Lipinski definition) is 5. The van der Waals surface area contributed by atoms with E-state index in [-0.39, 0.29) is 67.9 Å². The molecule has 0 fully saturated rings. The molecule has 0 unspecified atom stereocenters. The minimum atomic E-state index is -0.923. The summed E-state index contributed by atoms with van der Waals surface area (Å²) in [5.41, 5.74) is 1.30. The van der Waals surface area contributed by atoms with Crippen molar-refractivity contribution in [3.63, 3.8) is 0 Å². The van der Waals surface area contributed by atoms with Gasteiger partial charge in [0.05, 0.1) is 43.3 Å². The van der Waals surface area contributed by atoms with E-state index in [1.807, 2.05) is 0 Å². The van der Waals surface area contributed by atoms with Gasteiger partial charge in [0.2, 0.25) is 17.7 Å². The van der Waals surface area contributed by atoms with Gasteiger partial charge in [-0.2, -0.15) is 0 Å². The van der Waals surface area contributed by atoms with Crippen LogP contribution < -0.4 is 16.0 Å². The van der Waals surface area contributed by atoms with Crippen LogP contribution >= 0.6 is 0 Å². The van der Waals surface area contributed by atoms with Crippen molar-refractivity contribution in [2.45, 2.75) is 156 Å². The maximum absolute atomic E-state index is 13.6. The lowest BCUT2D eigenvalue weighted by molar-refractivity contribution is -0.135. The van der Waals surface area contributed by atoms with Gasteiger partial charge in [0.1, 0.15) is 0 Å². The van der Waals surface area contributed by atoms with Crippen molar-refractivity contribution in [3.8, 4) is 0 Å². The Bertz CT molecular complexity index is 1430. The molecular weight excluding hydrogens is 702 g/mol. The van der Waals surface area contributed by atoms with Crippen LogP contribution in [0.5, 0.6) is 0 Å². The number of rotatable bonds is 31. The number of hydrogen-bond acceptors (Lipinski definition) is 9. The van der Waals surface area contributed by atoms with E-state index < -0.39 is 41.8 Å². The van der Waals surface area contributed by atoms with E-state index in [2.05, 4.69) is 42.8 Å². The lowest BCUT2D eigenvalue weighted by Crippen LogP contribution is -2.49. The smallest absolute Gasteiger partial charge is 0.224 e. The van der Waals surface area contributed by atoms with E-state index in [0.29, 0.717) is 18.0 Å². The normalized spacial score (nSPS) is 14.1. The van der Waals surface area contributed by atoms with Gasteiger partial charge in [-0.25, -0.2) is 9.97 Å². The minimum absolute atomic E-state index is 0.103. The van der Waals surface area contributed by atoms with Gasteiger partial charge in [0, 0.05) is 68.4 Å². The second-order valence-electron chi connectivity index (χ2n) is 15.2. The number of ether oxygens (including phenoxy) is 1. The maximum Gasteiger partial charge on any atom is 0.224 e. The minimum Gasteiger partial charge on any atom is -0.381 e. The second-order valence-corrected chi connectivity index (χ2v) is 15.2. The number of nitrogens with one attached hydrogen (secondary N) is 5. The van der Waals surface area contributed by atoms with Gasteiger partial charge >= 0.3 is 0 Å². The molecule has 0 aliphatic rings. The fraction of sp³-hybridized carbons (Fsp3) is 0.707. The highest BCUT2D eigenvalue weighted by Crippen LogP contribution is 2.18. The maximum atomic E-state index is 13.6. The Morgan fingerprint density at radius 3 is 1.82 bits per heavy atom. The predicted octanol–water partition coefficient (Wildman–Crippen LogP) is 5.14. The first-order valence-corrected chi connectivity index (χ1v) is 20.3. The van der Waals surface area contributed by atoms with Crippen LogP contribution in [0.15, 0.2) is 25.0 Å².